The van der Waals surface area contributed by atoms with Crippen LogP contribution in [-0.2, 0) is 4.57 Å². The number of rotatable bonds is 2. The summed E-state index contributed by atoms with van der Waals surface area (Å²) in [5.41, 5.74) is 0. The highest BCUT2D eigenvalue weighted by Gasteiger charge is 2.08. The third-order valence-corrected chi connectivity index (χ3v) is 1.20. The third-order valence-electron chi connectivity index (χ3n) is 0.399. The standard InChI is InChI=1S/C3H7FOP/c1-2-3-6(4)5/h2-3H2,1H3/q+1. The van der Waals surface area contributed by atoms with E-state index in [9.17, 15) is 8.76 Å². The van der Waals surface area contributed by atoms with Crippen LogP contribution in [0.15, 0.2) is 0 Å². The van der Waals surface area contributed by atoms with Crippen molar-refractivity contribution in [2.24, 2.45) is 0 Å². The minimum atomic E-state index is -2.35. The summed E-state index contributed by atoms with van der Waals surface area (Å²) in [4.78, 5) is 0. The van der Waals surface area contributed by atoms with Crippen molar-refractivity contribution in [2.75, 3.05) is 6.16 Å². The van der Waals surface area contributed by atoms with Crippen LogP contribution < -0.4 is 0 Å². The summed E-state index contributed by atoms with van der Waals surface area (Å²) in [5, 5.41) is 0. The molecule has 0 aliphatic carbocycles. The van der Waals surface area contributed by atoms with Crippen LogP contribution in [0.5, 0.6) is 0 Å². The van der Waals surface area contributed by atoms with Crippen molar-refractivity contribution in [3.8, 4) is 0 Å². The summed E-state index contributed by atoms with van der Waals surface area (Å²) in [6.07, 6.45) is 0.890. The van der Waals surface area contributed by atoms with E-state index in [2.05, 4.69) is 0 Å². The zero-order valence-corrected chi connectivity index (χ0v) is 4.54. The van der Waals surface area contributed by atoms with Gasteiger partial charge in [0.1, 0.15) is 0 Å². The molecule has 0 bridgehead atoms. The topological polar surface area (TPSA) is 17.1 Å². The molecule has 1 unspecified atom stereocenters. The van der Waals surface area contributed by atoms with Gasteiger partial charge in [0.15, 0.2) is 6.16 Å². The fourth-order valence-corrected chi connectivity index (χ4v) is 0.527. The van der Waals surface area contributed by atoms with E-state index in [1.165, 1.54) is 0 Å². The molecule has 6 heavy (non-hydrogen) atoms. The predicted molar refractivity (Wildman–Crippen MR) is 23.9 cm³/mol. The van der Waals surface area contributed by atoms with E-state index in [0.717, 1.165) is 0 Å². The molecule has 0 spiro atoms. The van der Waals surface area contributed by atoms with E-state index >= 15 is 0 Å². The van der Waals surface area contributed by atoms with Crippen LogP contribution in [0.1, 0.15) is 13.3 Å². The first-order valence-corrected chi connectivity index (χ1v) is 3.21. The third kappa shape index (κ3) is 4.03. The molecule has 0 N–H and O–H groups in total. The second-order valence-electron chi connectivity index (χ2n) is 1.04. The fourth-order valence-electron chi connectivity index (χ4n) is 0.176. The van der Waals surface area contributed by atoms with Gasteiger partial charge in [-0.2, -0.15) is 0 Å². The molecule has 0 amide bonds. The predicted octanol–water partition coefficient (Wildman–Crippen LogP) is 2.11. The summed E-state index contributed by atoms with van der Waals surface area (Å²) >= 11 is 0. The summed E-state index contributed by atoms with van der Waals surface area (Å²) in [5.74, 6) is 0. The first-order chi connectivity index (χ1) is 2.77. The summed E-state index contributed by atoms with van der Waals surface area (Å²) in [6, 6.07) is 0. The first-order valence-electron chi connectivity index (χ1n) is 1.87. The lowest BCUT2D eigenvalue weighted by Crippen LogP contribution is -1.63. The maximum Gasteiger partial charge on any atom is 0.558 e. The van der Waals surface area contributed by atoms with Gasteiger partial charge in [-0.1, -0.05) is 6.92 Å². The molecule has 3 heteroatoms. The van der Waals surface area contributed by atoms with Crippen molar-refractivity contribution in [3.63, 3.8) is 0 Å². The summed E-state index contributed by atoms with van der Waals surface area (Å²) in [6.45, 7) is 1.80. The van der Waals surface area contributed by atoms with Gasteiger partial charge in [0.2, 0.25) is 0 Å². The van der Waals surface area contributed by atoms with Crippen LogP contribution in [0.25, 0.3) is 0 Å². The van der Waals surface area contributed by atoms with Crippen molar-refractivity contribution < 1.29 is 8.76 Å². The van der Waals surface area contributed by atoms with Gasteiger partial charge >= 0.3 is 8.11 Å². The maximum absolute atomic E-state index is 11.2. The van der Waals surface area contributed by atoms with Crippen LogP contribution in [0, 0.1) is 0 Å². The quantitative estimate of drug-likeness (QED) is 0.496. The Bertz CT molecular complexity index is 54.8. The smallest absolute Gasteiger partial charge is 0.0612 e. The van der Waals surface area contributed by atoms with Gasteiger partial charge in [-0.15, -0.1) is 0 Å². The maximum atomic E-state index is 11.2. The molecule has 0 heterocycles. The Labute approximate surface area is 37.5 Å². The van der Waals surface area contributed by atoms with Crippen molar-refractivity contribution in [3.05, 3.63) is 0 Å². The lowest BCUT2D eigenvalue weighted by molar-refractivity contribution is 0.558. The van der Waals surface area contributed by atoms with Crippen molar-refractivity contribution in [2.45, 2.75) is 13.3 Å². The van der Waals surface area contributed by atoms with E-state index in [4.69, 9.17) is 0 Å². The van der Waals surface area contributed by atoms with Crippen molar-refractivity contribution in [1.29, 1.82) is 0 Å². The van der Waals surface area contributed by atoms with E-state index in [1.54, 1.807) is 6.92 Å². The highest BCUT2D eigenvalue weighted by molar-refractivity contribution is 7.38. The van der Waals surface area contributed by atoms with E-state index in [1.807, 2.05) is 0 Å². The largest absolute Gasteiger partial charge is 0.558 e. The lowest BCUT2D eigenvalue weighted by Gasteiger charge is -1.62. The SMILES string of the molecule is CCC[P+](=O)F. The molecule has 0 rings (SSSR count). The van der Waals surface area contributed by atoms with Gasteiger partial charge in [-0.05, 0) is 11.0 Å². The molecule has 0 aromatic heterocycles. The molecule has 1 nitrogen and oxygen atoms in total. The number of halogens is 1. The highest BCUT2D eigenvalue weighted by Crippen LogP contribution is 2.20. The lowest BCUT2D eigenvalue weighted by atomic mass is 10.6. The van der Waals surface area contributed by atoms with Crippen molar-refractivity contribution >= 4 is 8.11 Å². The second-order valence-corrected chi connectivity index (χ2v) is 2.12. The van der Waals surface area contributed by atoms with Crippen LogP contribution in [0.2, 0.25) is 0 Å². The Morgan fingerprint density at radius 3 is 2.33 bits per heavy atom. The van der Waals surface area contributed by atoms with Crippen LogP contribution in [0.4, 0.5) is 4.20 Å². The van der Waals surface area contributed by atoms with Crippen LogP contribution >= 0.6 is 8.11 Å². The van der Waals surface area contributed by atoms with Gasteiger partial charge in [0.05, 0.1) is 4.20 Å². The van der Waals surface area contributed by atoms with E-state index in [0.29, 0.717) is 6.42 Å². The average Bonchev–Trinajstić information content (AvgIpc) is 1.35. The molecule has 0 saturated heterocycles. The molecule has 0 aliphatic rings. The molecule has 36 valence electrons. The van der Waals surface area contributed by atoms with Gasteiger partial charge in [-0.3, -0.25) is 0 Å². The molecule has 0 aliphatic heterocycles. The number of hydrogen-bond donors (Lipinski definition) is 0. The average molecular weight is 109 g/mol. The molecule has 0 aromatic carbocycles. The highest BCUT2D eigenvalue weighted by atomic mass is 31.1. The minimum Gasteiger partial charge on any atom is -0.0612 e. The normalized spacial score (nSPS) is 11.3. The zero-order valence-electron chi connectivity index (χ0n) is 3.65. The Morgan fingerprint density at radius 2 is 2.33 bits per heavy atom. The van der Waals surface area contributed by atoms with Gasteiger partial charge < -0.3 is 0 Å². The molecule has 1 atom stereocenters. The minimum absolute atomic E-state index is 0.218. The summed E-state index contributed by atoms with van der Waals surface area (Å²) < 4.78 is 20.7. The Morgan fingerprint density at radius 1 is 1.83 bits per heavy atom. The molecular weight excluding hydrogens is 102 g/mol. The van der Waals surface area contributed by atoms with Crippen LogP contribution in [-0.4, -0.2) is 6.16 Å². The molecular formula is C3H7FOP+. The zero-order chi connectivity index (χ0) is 4.99. The second kappa shape index (κ2) is 3.23. The summed E-state index contributed by atoms with van der Waals surface area (Å²) in [7, 11) is -2.35. The Hall–Kier alpha value is 0.0300. The first kappa shape index (κ1) is 6.03. The van der Waals surface area contributed by atoms with E-state index < -0.39 is 8.11 Å². The molecule has 0 radical (unpaired) electrons. The van der Waals surface area contributed by atoms with Gasteiger partial charge in [0.25, 0.3) is 0 Å². The Kier molecular flexibility index (Phi) is 3.24. The van der Waals surface area contributed by atoms with Gasteiger partial charge in [-0.25, -0.2) is 0 Å². The molecule has 0 saturated carbocycles. The fraction of sp³-hybridized carbons (Fsp3) is 1.00. The molecule has 0 aromatic rings. The van der Waals surface area contributed by atoms with E-state index in [-0.39, 0.29) is 6.16 Å². The van der Waals surface area contributed by atoms with Crippen LogP contribution in [0.3, 0.4) is 0 Å². The molecule has 0 fully saturated rings. The monoisotopic (exact) mass is 109 g/mol. The number of hydrogen-bond acceptors (Lipinski definition) is 1. The van der Waals surface area contributed by atoms with Gasteiger partial charge in [0, 0.05) is 0 Å². The van der Waals surface area contributed by atoms with Crippen molar-refractivity contribution in [1.82, 2.24) is 0 Å². The Balaban J connectivity index is 2.83.